The van der Waals surface area contributed by atoms with Gasteiger partial charge in [0, 0.05) is 34.3 Å². The molecule has 0 aromatic carbocycles. The molecule has 0 aromatic heterocycles. The van der Waals surface area contributed by atoms with E-state index in [-0.39, 0.29) is 21.1 Å². The maximum atomic E-state index is 4.94. The summed E-state index contributed by atoms with van der Waals surface area (Å²) in [4.78, 5) is 0. The summed E-state index contributed by atoms with van der Waals surface area (Å²) in [5.41, 5.74) is 0. The third kappa shape index (κ3) is 1.94. The molecular weight excluding hydrogens is 259 g/mol. The van der Waals surface area contributed by atoms with Crippen LogP contribution in [0.5, 0.6) is 0 Å². The van der Waals surface area contributed by atoms with E-state index in [2.05, 4.69) is 0 Å². The largest absolute Gasteiger partial charge is 0.381 e. The summed E-state index contributed by atoms with van der Waals surface area (Å²) in [5, 5.41) is 0. The van der Waals surface area contributed by atoms with Gasteiger partial charge in [0.05, 0.1) is 0 Å². The van der Waals surface area contributed by atoms with E-state index in [1.54, 1.807) is 0 Å². The second-order valence-corrected chi connectivity index (χ2v) is 1.32. The molecule has 0 atom stereocenters. The van der Waals surface area contributed by atoms with Gasteiger partial charge in [0.25, 0.3) is 0 Å². The number of rotatable bonds is 0. The average Bonchev–Trinajstić information content (AvgIpc) is 1.76. The van der Waals surface area contributed by atoms with E-state index in [1.807, 2.05) is 0 Å². The van der Waals surface area contributed by atoms with E-state index in [0.717, 1.165) is 13.2 Å². The molecular formula is C4H8OPt. The Bertz CT molecular complexity index is 19.1. The number of ether oxygens (including phenoxy) is 1. The molecule has 0 radical (unpaired) electrons. The van der Waals surface area contributed by atoms with Crippen LogP contribution in [-0.4, -0.2) is 13.2 Å². The van der Waals surface area contributed by atoms with Crippen molar-refractivity contribution in [3.8, 4) is 0 Å². The molecule has 0 saturated carbocycles. The first-order chi connectivity index (χ1) is 2.50. The zero-order chi connectivity index (χ0) is 3.54. The monoisotopic (exact) mass is 267 g/mol. The van der Waals surface area contributed by atoms with Gasteiger partial charge in [-0.2, -0.15) is 0 Å². The van der Waals surface area contributed by atoms with Crippen molar-refractivity contribution < 1.29 is 25.8 Å². The second-order valence-electron chi connectivity index (χ2n) is 1.32. The van der Waals surface area contributed by atoms with Crippen molar-refractivity contribution in [3.63, 3.8) is 0 Å². The SMILES string of the molecule is C1CCOC1.[Pt]. The van der Waals surface area contributed by atoms with Crippen molar-refractivity contribution in [1.29, 1.82) is 0 Å². The van der Waals surface area contributed by atoms with E-state index in [4.69, 9.17) is 4.74 Å². The van der Waals surface area contributed by atoms with Crippen LogP contribution in [0.2, 0.25) is 0 Å². The Morgan fingerprint density at radius 3 is 1.67 bits per heavy atom. The minimum atomic E-state index is 0. The van der Waals surface area contributed by atoms with E-state index in [9.17, 15) is 0 Å². The molecule has 0 bridgehead atoms. The van der Waals surface area contributed by atoms with Crippen molar-refractivity contribution in [3.05, 3.63) is 0 Å². The topological polar surface area (TPSA) is 9.23 Å². The van der Waals surface area contributed by atoms with Gasteiger partial charge >= 0.3 is 0 Å². The van der Waals surface area contributed by atoms with Gasteiger partial charge in [-0.25, -0.2) is 0 Å². The van der Waals surface area contributed by atoms with Gasteiger partial charge in [0.2, 0.25) is 0 Å². The molecule has 1 heterocycles. The third-order valence-corrected chi connectivity index (χ3v) is 0.827. The van der Waals surface area contributed by atoms with Crippen LogP contribution in [0.15, 0.2) is 0 Å². The fourth-order valence-electron chi connectivity index (χ4n) is 0.510. The molecule has 0 spiro atoms. The predicted octanol–water partition coefficient (Wildman–Crippen LogP) is 0.794. The zero-order valence-electron chi connectivity index (χ0n) is 3.55. The van der Waals surface area contributed by atoms with E-state index < -0.39 is 0 Å². The first-order valence-electron chi connectivity index (χ1n) is 2.08. The molecule has 40 valence electrons. The van der Waals surface area contributed by atoms with Gasteiger partial charge in [-0.3, -0.25) is 0 Å². The second kappa shape index (κ2) is 3.83. The Hall–Kier alpha value is 0.648. The minimum absolute atomic E-state index is 0. The van der Waals surface area contributed by atoms with Crippen LogP contribution in [0.1, 0.15) is 12.8 Å². The van der Waals surface area contributed by atoms with Crippen LogP contribution < -0.4 is 0 Å². The summed E-state index contributed by atoms with van der Waals surface area (Å²) in [5.74, 6) is 0. The fourth-order valence-corrected chi connectivity index (χ4v) is 0.510. The first kappa shape index (κ1) is 6.65. The van der Waals surface area contributed by atoms with E-state index >= 15 is 0 Å². The van der Waals surface area contributed by atoms with Crippen molar-refractivity contribution in [1.82, 2.24) is 0 Å². The molecule has 1 rings (SSSR count). The average molecular weight is 267 g/mol. The van der Waals surface area contributed by atoms with Gasteiger partial charge < -0.3 is 4.74 Å². The van der Waals surface area contributed by atoms with Crippen molar-refractivity contribution in [2.24, 2.45) is 0 Å². The molecule has 6 heavy (non-hydrogen) atoms. The first-order valence-corrected chi connectivity index (χ1v) is 2.08. The van der Waals surface area contributed by atoms with Gasteiger partial charge in [-0.05, 0) is 12.8 Å². The van der Waals surface area contributed by atoms with Crippen LogP contribution >= 0.6 is 0 Å². The van der Waals surface area contributed by atoms with Crippen LogP contribution in [0.3, 0.4) is 0 Å². The normalized spacial score (nSPS) is 20.0. The summed E-state index contributed by atoms with van der Waals surface area (Å²) < 4.78 is 4.94. The summed E-state index contributed by atoms with van der Waals surface area (Å²) in [6, 6.07) is 0. The van der Waals surface area contributed by atoms with Crippen molar-refractivity contribution in [2.75, 3.05) is 13.2 Å². The molecule has 1 nitrogen and oxygen atoms in total. The summed E-state index contributed by atoms with van der Waals surface area (Å²) >= 11 is 0. The maximum absolute atomic E-state index is 4.94. The Kier molecular flexibility index (Phi) is 4.24. The molecule has 1 fully saturated rings. The molecule has 2 heteroatoms. The van der Waals surface area contributed by atoms with E-state index in [1.165, 1.54) is 12.8 Å². The van der Waals surface area contributed by atoms with Crippen LogP contribution in [0.4, 0.5) is 0 Å². The summed E-state index contributed by atoms with van der Waals surface area (Å²) in [6.45, 7) is 2.00. The van der Waals surface area contributed by atoms with Crippen LogP contribution in [0.25, 0.3) is 0 Å². The third-order valence-electron chi connectivity index (χ3n) is 0.827. The van der Waals surface area contributed by atoms with E-state index in [0.29, 0.717) is 0 Å². The fraction of sp³-hybridized carbons (Fsp3) is 1.00. The standard InChI is InChI=1S/C4H8O.Pt/c1-2-4-5-3-1;/h1-4H2;. The number of hydrogen-bond donors (Lipinski definition) is 0. The Labute approximate surface area is 52.3 Å². The van der Waals surface area contributed by atoms with Gasteiger partial charge in [-0.15, -0.1) is 0 Å². The minimum Gasteiger partial charge on any atom is -0.381 e. The van der Waals surface area contributed by atoms with Gasteiger partial charge in [0.15, 0.2) is 0 Å². The Balaban J connectivity index is 0.000000250. The molecule has 1 aliphatic rings. The maximum Gasteiger partial charge on any atom is 0.0466 e. The molecule has 0 N–H and O–H groups in total. The molecule has 0 aliphatic carbocycles. The molecule has 0 aromatic rings. The van der Waals surface area contributed by atoms with Gasteiger partial charge in [-0.1, -0.05) is 0 Å². The summed E-state index contributed by atoms with van der Waals surface area (Å²) in [6.07, 6.45) is 2.56. The molecule has 0 unspecified atom stereocenters. The molecule has 1 saturated heterocycles. The smallest absolute Gasteiger partial charge is 0.0466 e. The summed E-state index contributed by atoms with van der Waals surface area (Å²) in [7, 11) is 0. The molecule has 1 aliphatic heterocycles. The van der Waals surface area contributed by atoms with Crippen LogP contribution in [-0.2, 0) is 25.8 Å². The Morgan fingerprint density at radius 1 is 1.00 bits per heavy atom. The van der Waals surface area contributed by atoms with Crippen LogP contribution in [0, 0.1) is 0 Å². The van der Waals surface area contributed by atoms with Crippen molar-refractivity contribution >= 4 is 0 Å². The Morgan fingerprint density at radius 2 is 1.50 bits per heavy atom. The predicted molar refractivity (Wildman–Crippen MR) is 20.1 cm³/mol. The van der Waals surface area contributed by atoms with Gasteiger partial charge in [0.1, 0.15) is 0 Å². The van der Waals surface area contributed by atoms with Crippen molar-refractivity contribution in [2.45, 2.75) is 12.8 Å². The zero-order valence-corrected chi connectivity index (χ0v) is 5.83. The number of hydrogen-bond acceptors (Lipinski definition) is 1. The quantitative estimate of drug-likeness (QED) is 0.630. The molecule has 0 amide bonds.